The number of rotatable bonds is 5. The Morgan fingerprint density at radius 3 is 2.68 bits per heavy atom. The molecule has 4 nitrogen and oxygen atoms in total. The Bertz CT molecular complexity index is 581. The van der Waals surface area contributed by atoms with Crippen molar-refractivity contribution in [3.8, 4) is 0 Å². The van der Waals surface area contributed by atoms with Gasteiger partial charge in [0.2, 0.25) is 5.91 Å². The van der Waals surface area contributed by atoms with Crippen molar-refractivity contribution in [1.82, 2.24) is 15.3 Å². The zero-order valence-electron chi connectivity index (χ0n) is 12.3. The molecule has 0 radical (unpaired) electrons. The number of carbonyl (C=O) groups excluding carboxylic acids is 1. The molecule has 1 N–H and O–H groups in total. The summed E-state index contributed by atoms with van der Waals surface area (Å²) in [5.41, 5.74) is 0. The van der Waals surface area contributed by atoms with E-state index in [2.05, 4.69) is 15.3 Å². The summed E-state index contributed by atoms with van der Waals surface area (Å²) >= 11 is 3.39. The third-order valence-electron chi connectivity index (χ3n) is 3.77. The minimum absolute atomic E-state index is 0.143. The largest absolute Gasteiger partial charge is 0.353 e. The molecular weight excluding hydrogens is 314 g/mol. The number of thioether (sulfide) groups is 1. The van der Waals surface area contributed by atoms with Gasteiger partial charge in [0.05, 0.1) is 6.42 Å². The van der Waals surface area contributed by atoms with Gasteiger partial charge in [0.15, 0.2) is 5.16 Å². The maximum atomic E-state index is 12.0. The summed E-state index contributed by atoms with van der Waals surface area (Å²) in [6, 6.07) is 6.16. The highest BCUT2D eigenvalue weighted by atomic mass is 32.2. The van der Waals surface area contributed by atoms with Gasteiger partial charge in [-0.1, -0.05) is 17.8 Å². The summed E-state index contributed by atoms with van der Waals surface area (Å²) in [6.45, 7) is 0. The number of nitrogens with one attached hydrogen (secondary N) is 1. The molecular formula is C16H19N3OS2. The molecule has 6 heteroatoms. The summed E-state index contributed by atoms with van der Waals surface area (Å²) in [5.74, 6) is 0.143. The fourth-order valence-corrected chi connectivity index (χ4v) is 4.42. The monoisotopic (exact) mass is 333 g/mol. The molecule has 116 valence electrons. The molecule has 0 atom stereocenters. The molecule has 0 aliphatic heterocycles. The van der Waals surface area contributed by atoms with Crippen LogP contribution in [0.15, 0.2) is 41.1 Å². The lowest BCUT2D eigenvalue weighted by molar-refractivity contribution is -0.121. The predicted molar refractivity (Wildman–Crippen MR) is 90.1 cm³/mol. The molecule has 3 rings (SSSR count). The highest BCUT2D eigenvalue weighted by molar-refractivity contribution is 7.99. The van der Waals surface area contributed by atoms with E-state index in [1.807, 2.05) is 23.6 Å². The Balaban J connectivity index is 1.41. The lowest BCUT2D eigenvalue weighted by atomic mass is 9.95. The quantitative estimate of drug-likeness (QED) is 0.853. The summed E-state index contributed by atoms with van der Waals surface area (Å²) in [4.78, 5) is 21.7. The van der Waals surface area contributed by atoms with Crippen LogP contribution in [0, 0.1) is 0 Å². The van der Waals surface area contributed by atoms with Crippen molar-refractivity contribution in [3.63, 3.8) is 0 Å². The Morgan fingerprint density at radius 1 is 1.23 bits per heavy atom. The predicted octanol–water partition coefficient (Wildman–Crippen LogP) is 3.30. The number of thiophene rings is 1. The highest BCUT2D eigenvalue weighted by Crippen LogP contribution is 2.31. The Hall–Kier alpha value is -1.40. The van der Waals surface area contributed by atoms with Crippen molar-refractivity contribution in [2.45, 2.75) is 48.6 Å². The first-order valence-electron chi connectivity index (χ1n) is 7.55. The summed E-state index contributed by atoms with van der Waals surface area (Å²) in [5, 5.41) is 6.60. The molecule has 1 saturated carbocycles. The van der Waals surface area contributed by atoms with Gasteiger partial charge < -0.3 is 5.32 Å². The van der Waals surface area contributed by atoms with Crippen LogP contribution in [0.3, 0.4) is 0 Å². The third-order valence-corrected chi connectivity index (χ3v) is 5.87. The number of carbonyl (C=O) groups is 1. The standard InChI is InChI=1S/C16H19N3OS2/c20-15(11-14-3-1-10-21-14)19-12-4-6-13(7-5-12)22-16-17-8-2-9-18-16/h1-3,8-10,12-13H,4-7,11H2,(H,19,20). The lowest BCUT2D eigenvalue weighted by Crippen LogP contribution is -2.38. The maximum Gasteiger partial charge on any atom is 0.225 e. The Morgan fingerprint density at radius 2 is 2.00 bits per heavy atom. The fraction of sp³-hybridized carbons (Fsp3) is 0.438. The molecule has 22 heavy (non-hydrogen) atoms. The number of amides is 1. The van der Waals surface area contributed by atoms with Crippen molar-refractivity contribution >= 4 is 29.0 Å². The molecule has 1 aliphatic rings. The van der Waals surface area contributed by atoms with Crippen molar-refractivity contribution < 1.29 is 4.79 Å². The second-order valence-corrected chi connectivity index (χ2v) is 7.75. The average Bonchev–Trinajstić information content (AvgIpc) is 3.03. The van der Waals surface area contributed by atoms with Crippen molar-refractivity contribution in [2.75, 3.05) is 0 Å². The van der Waals surface area contributed by atoms with Crippen LogP contribution in [0.5, 0.6) is 0 Å². The van der Waals surface area contributed by atoms with Crippen LogP contribution in [0.2, 0.25) is 0 Å². The van der Waals surface area contributed by atoms with E-state index in [1.54, 1.807) is 35.5 Å². The van der Waals surface area contributed by atoms with Gasteiger partial charge in [0.25, 0.3) is 0 Å². The molecule has 0 spiro atoms. The van der Waals surface area contributed by atoms with Crippen LogP contribution in [-0.4, -0.2) is 27.2 Å². The molecule has 0 saturated heterocycles. The first kappa shape index (κ1) is 15.5. The summed E-state index contributed by atoms with van der Waals surface area (Å²) in [7, 11) is 0. The van der Waals surface area contributed by atoms with Gasteiger partial charge in [-0.3, -0.25) is 4.79 Å². The Labute approximate surface area is 138 Å². The van der Waals surface area contributed by atoms with E-state index in [0.717, 1.165) is 35.7 Å². The number of aromatic nitrogens is 2. The van der Waals surface area contributed by atoms with Crippen LogP contribution < -0.4 is 5.32 Å². The molecule has 0 bridgehead atoms. The van der Waals surface area contributed by atoms with Crippen LogP contribution in [0.25, 0.3) is 0 Å². The minimum Gasteiger partial charge on any atom is -0.353 e. The summed E-state index contributed by atoms with van der Waals surface area (Å²) in [6.07, 6.45) is 8.36. The van der Waals surface area contributed by atoms with Gasteiger partial charge in [-0.15, -0.1) is 11.3 Å². The Kier molecular flexibility index (Phi) is 5.45. The van der Waals surface area contributed by atoms with Crippen LogP contribution in [0.4, 0.5) is 0 Å². The molecule has 1 fully saturated rings. The van der Waals surface area contributed by atoms with Gasteiger partial charge in [0.1, 0.15) is 0 Å². The molecule has 1 aliphatic carbocycles. The van der Waals surface area contributed by atoms with E-state index < -0.39 is 0 Å². The summed E-state index contributed by atoms with van der Waals surface area (Å²) < 4.78 is 0. The molecule has 0 unspecified atom stereocenters. The van der Waals surface area contributed by atoms with E-state index in [9.17, 15) is 4.79 Å². The first-order valence-corrected chi connectivity index (χ1v) is 9.31. The van der Waals surface area contributed by atoms with Gasteiger partial charge in [0, 0.05) is 28.6 Å². The van der Waals surface area contributed by atoms with E-state index in [-0.39, 0.29) is 5.91 Å². The number of hydrogen-bond acceptors (Lipinski definition) is 5. The molecule has 1 amide bonds. The van der Waals surface area contributed by atoms with Crippen LogP contribution in [0.1, 0.15) is 30.6 Å². The second-order valence-electron chi connectivity index (χ2n) is 5.45. The normalized spacial score (nSPS) is 21.5. The number of hydrogen-bond donors (Lipinski definition) is 1. The van der Waals surface area contributed by atoms with Gasteiger partial charge in [-0.25, -0.2) is 9.97 Å². The molecule has 2 aromatic heterocycles. The topological polar surface area (TPSA) is 54.9 Å². The van der Waals surface area contributed by atoms with E-state index in [0.29, 0.717) is 17.7 Å². The molecule has 2 aromatic rings. The maximum absolute atomic E-state index is 12.0. The first-order chi connectivity index (χ1) is 10.8. The van der Waals surface area contributed by atoms with Crippen LogP contribution >= 0.6 is 23.1 Å². The number of nitrogens with zero attached hydrogens (tertiary/aromatic N) is 2. The minimum atomic E-state index is 0.143. The highest BCUT2D eigenvalue weighted by Gasteiger charge is 2.23. The molecule has 0 aromatic carbocycles. The second kappa shape index (κ2) is 7.74. The fourth-order valence-electron chi connectivity index (χ4n) is 2.67. The zero-order valence-corrected chi connectivity index (χ0v) is 13.9. The van der Waals surface area contributed by atoms with Gasteiger partial charge in [-0.05, 0) is 43.2 Å². The lowest BCUT2D eigenvalue weighted by Gasteiger charge is -2.28. The van der Waals surface area contributed by atoms with Crippen LogP contribution in [-0.2, 0) is 11.2 Å². The van der Waals surface area contributed by atoms with Crippen molar-refractivity contribution in [3.05, 3.63) is 40.8 Å². The van der Waals surface area contributed by atoms with Crippen molar-refractivity contribution in [1.29, 1.82) is 0 Å². The van der Waals surface area contributed by atoms with Gasteiger partial charge in [-0.2, -0.15) is 0 Å². The van der Waals surface area contributed by atoms with E-state index in [1.165, 1.54) is 0 Å². The smallest absolute Gasteiger partial charge is 0.225 e. The SMILES string of the molecule is O=C(Cc1cccs1)NC1CCC(Sc2ncccn2)CC1. The molecule has 2 heterocycles. The average molecular weight is 333 g/mol. The van der Waals surface area contributed by atoms with Crippen molar-refractivity contribution in [2.24, 2.45) is 0 Å². The van der Waals surface area contributed by atoms with E-state index in [4.69, 9.17) is 0 Å². The van der Waals surface area contributed by atoms with E-state index >= 15 is 0 Å². The van der Waals surface area contributed by atoms with Gasteiger partial charge >= 0.3 is 0 Å². The zero-order chi connectivity index (χ0) is 15.2. The third kappa shape index (κ3) is 4.55.